The lowest BCUT2D eigenvalue weighted by Crippen LogP contribution is -2.39. The summed E-state index contributed by atoms with van der Waals surface area (Å²) in [6.45, 7) is 8.04. The fourth-order valence-electron chi connectivity index (χ4n) is 1.62. The van der Waals surface area contributed by atoms with E-state index in [4.69, 9.17) is 10.5 Å². The second kappa shape index (κ2) is 8.48. The summed E-state index contributed by atoms with van der Waals surface area (Å²) in [5.74, 6) is 0.754. The number of ether oxygens (including phenoxy) is 1. The molecule has 0 saturated heterocycles. The molecular weight excluding hydrogens is 202 g/mol. The summed E-state index contributed by atoms with van der Waals surface area (Å²) in [4.78, 5) is 11.5. The molecule has 0 radical (unpaired) electrons. The molecule has 0 aliphatic carbocycles. The number of methoxy groups -OCH3 is 1. The van der Waals surface area contributed by atoms with E-state index >= 15 is 0 Å². The highest BCUT2D eigenvalue weighted by Gasteiger charge is 2.19. The molecule has 2 unspecified atom stereocenters. The molecule has 0 saturated carbocycles. The molecule has 0 rings (SSSR count). The third-order valence-corrected chi connectivity index (χ3v) is 2.99. The first-order chi connectivity index (χ1) is 7.52. The molecule has 0 bridgehead atoms. The summed E-state index contributed by atoms with van der Waals surface area (Å²) in [6, 6.07) is -0.390. The van der Waals surface area contributed by atoms with Gasteiger partial charge in [-0.05, 0) is 24.7 Å². The fourth-order valence-corrected chi connectivity index (χ4v) is 1.62. The quantitative estimate of drug-likeness (QED) is 0.614. The summed E-state index contributed by atoms with van der Waals surface area (Å²) in [6.07, 6.45) is 5.14. The number of allylic oxidation sites excluding steroid dienone is 1. The third kappa shape index (κ3) is 6.03. The summed E-state index contributed by atoms with van der Waals surface area (Å²) in [7, 11) is 1.51. The summed E-state index contributed by atoms with van der Waals surface area (Å²) < 4.78 is 4.79. The highest BCUT2D eigenvalue weighted by molar-refractivity contribution is 5.85. The average molecular weight is 227 g/mol. The van der Waals surface area contributed by atoms with Crippen LogP contribution in [0, 0.1) is 11.8 Å². The lowest BCUT2D eigenvalue weighted by atomic mass is 9.92. The van der Waals surface area contributed by atoms with Crippen LogP contribution in [0.15, 0.2) is 12.7 Å². The number of carbonyl (C=O) groups excluding carboxylic acids is 1. The first-order valence-electron chi connectivity index (χ1n) is 5.92. The van der Waals surface area contributed by atoms with Crippen molar-refractivity contribution in [3.63, 3.8) is 0 Å². The van der Waals surface area contributed by atoms with E-state index in [1.54, 1.807) is 0 Å². The zero-order chi connectivity index (χ0) is 12.6. The topological polar surface area (TPSA) is 52.3 Å². The van der Waals surface area contributed by atoms with Crippen LogP contribution in [0.4, 0.5) is 0 Å². The lowest BCUT2D eigenvalue weighted by Gasteiger charge is -2.18. The van der Waals surface area contributed by atoms with Crippen molar-refractivity contribution < 1.29 is 9.53 Å². The Kier molecular flexibility index (Phi) is 8.12. The molecule has 0 aliphatic rings. The summed E-state index contributed by atoms with van der Waals surface area (Å²) in [5, 5.41) is 0. The van der Waals surface area contributed by atoms with E-state index in [0.717, 1.165) is 19.3 Å². The standard InChI is InChI=1S/C13H25NO2/c1-5-10(2)7-6-8-11(3)13(14)12(15)9-16-4/h5,10-11,13H,1,6-9,14H2,2-4H3/t10?,11-,13?/m1/s1. The molecule has 3 atom stereocenters. The molecule has 3 nitrogen and oxygen atoms in total. The van der Waals surface area contributed by atoms with Crippen LogP contribution in [0.1, 0.15) is 33.1 Å². The molecule has 0 aromatic rings. The molecule has 0 fully saturated rings. The molecule has 94 valence electrons. The predicted molar refractivity (Wildman–Crippen MR) is 67.2 cm³/mol. The van der Waals surface area contributed by atoms with Gasteiger partial charge in [-0.3, -0.25) is 4.79 Å². The number of Topliss-reactive ketones (excluding diaryl/α,β-unsaturated/α-hetero) is 1. The Balaban J connectivity index is 3.82. The molecule has 0 amide bonds. The normalized spacial score (nSPS) is 16.5. The number of hydrogen-bond donors (Lipinski definition) is 1. The van der Waals surface area contributed by atoms with Gasteiger partial charge in [0.05, 0.1) is 6.04 Å². The highest BCUT2D eigenvalue weighted by atomic mass is 16.5. The Bertz CT molecular complexity index is 216. The summed E-state index contributed by atoms with van der Waals surface area (Å²) >= 11 is 0. The van der Waals surface area contributed by atoms with Crippen molar-refractivity contribution in [2.75, 3.05) is 13.7 Å². The molecule has 2 N–H and O–H groups in total. The largest absolute Gasteiger partial charge is 0.377 e. The van der Waals surface area contributed by atoms with Crippen LogP contribution in [0.2, 0.25) is 0 Å². The van der Waals surface area contributed by atoms with Crippen molar-refractivity contribution in [1.29, 1.82) is 0 Å². The second-order valence-corrected chi connectivity index (χ2v) is 4.55. The van der Waals surface area contributed by atoms with Crippen molar-refractivity contribution >= 4 is 5.78 Å². The van der Waals surface area contributed by atoms with Gasteiger partial charge in [0.2, 0.25) is 0 Å². The van der Waals surface area contributed by atoms with Crippen LogP contribution in [-0.4, -0.2) is 25.5 Å². The number of nitrogens with two attached hydrogens (primary N) is 1. The van der Waals surface area contributed by atoms with Gasteiger partial charge in [-0.1, -0.05) is 26.3 Å². The van der Waals surface area contributed by atoms with Crippen molar-refractivity contribution in [2.24, 2.45) is 17.6 Å². The van der Waals surface area contributed by atoms with Crippen molar-refractivity contribution in [1.82, 2.24) is 0 Å². The minimum absolute atomic E-state index is 0.00762. The van der Waals surface area contributed by atoms with E-state index in [-0.39, 0.29) is 24.3 Å². The van der Waals surface area contributed by atoms with Gasteiger partial charge in [0.15, 0.2) is 5.78 Å². The number of rotatable bonds is 9. The van der Waals surface area contributed by atoms with Crippen LogP contribution in [0.25, 0.3) is 0 Å². The molecule has 0 aliphatic heterocycles. The maximum Gasteiger partial charge on any atom is 0.175 e. The van der Waals surface area contributed by atoms with Crippen molar-refractivity contribution in [2.45, 2.75) is 39.2 Å². The maximum atomic E-state index is 11.5. The highest BCUT2D eigenvalue weighted by Crippen LogP contribution is 2.15. The lowest BCUT2D eigenvalue weighted by molar-refractivity contribution is -0.125. The first kappa shape index (κ1) is 15.3. The van der Waals surface area contributed by atoms with Crippen LogP contribution in [0.5, 0.6) is 0 Å². The SMILES string of the molecule is C=CC(C)CCC[C@@H](C)C(N)C(=O)COC. The monoisotopic (exact) mass is 227 g/mol. The van der Waals surface area contributed by atoms with Gasteiger partial charge in [-0.2, -0.15) is 0 Å². The van der Waals surface area contributed by atoms with Gasteiger partial charge in [0.1, 0.15) is 6.61 Å². The number of ketones is 1. The molecule has 0 aromatic heterocycles. The molecule has 3 heteroatoms. The van der Waals surface area contributed by atoms with Gasteiger partial charge in [-0.15, -0.1) is 6.58 Å². The predicted octanol–water partition coefficient (Wildman–Crippen LogP) is 2.16. The fraction of sp³-hybridized carbons (Fsp3) is 0.769. The zero-order valence-electron chi connectivity index (χ0n) is 10.7. The Morgan fingerprint density at radius 3 is 2.56 bits per heavy atom. The van der Waals surface area contributed by atoms with Gasteiger partial charge in [0, 0.05) is 7.11 Å². The Labute approximate surface area is 99.0 Å². The minimum Gasteiger partial charge on any atom is -0.377 e. The van der Waals surface area contributed by atoms with E-state index < -0.39 is 0 Å². The molecular formula is C13H25NO2. The van der Waals surface area contributed by atoms with E-state index in [0.29, 0.717) is 5.92 Å². The number of carbonyl (C=O) groups is 1. The zero-order valence-corrected chi connectivity index (χ0v) is 10.7. The van der Waals surface area contributed by atoms with E-state index in [1.807, 2.05) is 13.0 Å². The Morgan fingerprint density at radius 2 is 2.06 bits per heavy atom. The first-order valence-corrected chi connectivity index (χ1v) is 5.92. The average Bonchev–Trinajstić information content (AvgIpc) is 2.27. The Hall–Kier alpha value is -0.670. The molecule has 0 heterocycles. The maximum absolute atomic E-state index is 11.5. The second-order valence-electron chi connectivity index (χ2n) is 4.55. The van der Waals surface area contributed by atoms with Gasteiger partial charge in [-0.25, -0.2) is 0 Å². The molecule has 0 aromatic carbocycles. The molecule has 16 heavy (non-hydrogen) atoms. The summed E-state index contributed by atoms with van der Waals surface area (Å²) in [5.41, 5.74) is 5.85. The number of hydrogen-bond acceptors (Lipinski definition) is 3. The van der Waals surface area contributed by atoms with Crippen LogP contribution >= 0.6 is 0 Å². The van der Waals surface area contributed by atoms with Crippen LogP contribution < -0.4 is 5.73 Å². The van der Waals surface area contributed by atoms with E-state index in [1.165, 1.54) is 7.11 Å². The van der Waals surface area contributed by atoms with E-state index in [2.05, 4.69) is 13.5 Å². The van der Waals surface area contributed by atoms with Crippen LogP contribution in [0.3, 0.4) is 0 Å². The third-order valence-electron chi connectivity index (χ3n) is 2.99. The van der Waals surface area contributed by atoms with Crippen molar-refractivity contribution in [3.05, 3.63) is 12.7 Å². The smallest absolute Gasteiger partial charge is 0.175 e. The van der Waals surface area contributed by atoms with Gasteiger partial charge in [0.25, 0.3) is 0 Å². The van der Waals surface area contributed by atoms with E-state index in [9.17, 15) is 4.79 Å². The van der Waals surface area contributed by atoms with Crippen LogP contribution in [-0.2, 0) is 9.53 Å². The van der Waals surface area contributed by atoms with Crippen molar-refractivity contribution in [3.8, 4) is 0 Å². The van der Waals surface area contributed by atoms with Gasteiger partial charge >= 0.3 is 0 Å². The minimum atomic E-state index is -0.390. The Morgan fingerprint density at radius 1 is 1.44 bits per heavy atom. The molecule has 0 spiro atoms. The van der Waals surface area contributed by atoms with Gasteiger partial charge < -0.3 is 10.5 Å².